The second kappa shape index (κ2) is 4.63. The summed E-state index contributed by atoms with van der Waals surface area (Å²) >= 11 is 1.17. The molecule has 0 bridgehead atoms. The van der Waals surface area contributed by atoms with Crippen LogP contribution in [0.1, 0.15) is 25.3 Å². The van der Waals surface area contributed by atoms with Gasteiger partial charge in [-0.15, -0.1) is 0 Å². The number of hydrogen-bond acceptors (Lipinski definition) is 2. The lowest BCUT2D eigenvalue weighted by atomic mass is 10.0. The van der Waals surface area contributed by atoms with Crippen LogP contribution in [0.3, 0.4) is 0 Å². The summed E-state index contributed by atoms with van der Waals surface area (Å²) in [5.74, 6) is 0.0682. The summed E-state index contributed by atoms with van der Waals surface area (Å²) in [6.45, 7) is 3.95. The molecular formula is C10H13FOS. The van der Waals surface area contributed by atoms with Crippen molar-refractivity contribution in [2.24, 2.45) is 0 Å². The summed E-state index contributed by atoms with van der Waals surface area (Å²) in [5, 5.41) is 0. The average Bonchev–Trinajstić information content (AvgIpc) is 2.04. The van der Waals surface area contributed by atoms with Crippen molar-refractivity contribution in [1.29, 1.82) is 0 Å². The molecule has 0 fully saturated rings. The molecule has 0 saturated carbocycles. The lowest BCUT2D eigenvalue weighted by Crippen LogP contribution is -1.92. The van der Waals surface area contributed by atoms with Crippen LogP contribution >= 0.6 is 12.0 Å². The van der Waals surface area contributed by atoms with E-state index in [1.54, 1.807) is 13.2 Å². The molecule has 1 aromatic carbocycles. The third kappa shape index (κ3) is 2.71. The minimum Gasteiger partial charge on any atom is -0.314 e. The highest BCUT2D eigenvalue weighted by atomic mass is 32.2. The third-order valence-electron chi connectivity index (χ3n) is 1.77. The van der Waals surface area contributed by atoms with Gasteiger partial charge in [0.1, 0.15) is 5.82 Å². The molecular weight excluding hydrogens is 187 g/mol. The molecule has 13 heavy (non-hydrogen) atoms. The molecule has 0 unspecified atom stereocenters. The molecule has 72 valence electrons. The predicted molar refractivity (Wildman–Crippen MR) is 53.4 cm³/mol. The Morgan fingerprint density at radius 3 is 2.54 bits per heavy atom. The molecule has 0 heterocycles. The summed E-state index contributed by atoms with van der Waals surface area (Å²) < 4.78 is 18.2. The standard InChI is InChI=1S/C10H13FOS/c1-7(2)9-5-4-8(13-12-3)6-10(9)11/h4-7H,1-3H3. The molecule has 0 N–H and O–H groups in total. The van der Waals surface area contributed by atoms with Gasteiger partial charge < -0.3 is 4.18 Å². The summed E-state index contributed by atoms with van der Waals surface area (Å²) in [4.78, 5) is 0.796. The van der Waals surface area contributed by atoms with E-state index < -0.39 is 0 Å². The van der Waals surface area contributed by atoms with E-state index in [-0.39, 0.29) is 11.7 Å². The lowest BCUT2D eigenvalue weighted by molar-refractivity contribution is 0.489. The van der Waals surface area contributed by atoms with Gasteiger partial charge in [0, 0.05) is 16.9 Å². The van der Waals surface area contributed by atoms with Gasteiger partial charge in [-0.2, -0.15) is 0 Å². The first-order valence-electron chi connectivity index (χ1n) is 4.15. The quantitative estimate of drug-likeness (QED) is 0.689. The zero-order valence-corrected chi connectivity index (χ0v) is 8.82. The van der Waals surface area contributed by atoms with E-state index in [4.69, 9.17) is 4.18 Å². The normalized spacial score (nSPS) is 10.8. The zero-order chi connectivity index (χ0) is 9.84. The van der Waals surface area contributed by atoms with Crippen LogP contribution in [0.2, 0.25) is 0 Å². The van der Waals surface area contributed by atoms with E-state index in [1.807, 2.05) is 19.9 Å². The van der Waals surface area contributed by atoms with E-state index in [0.717, 1.165) is 10.5 Å². The Hall–Kier alpha value is -0.540. The Morgan fingerprint density at radius 2 is 2.08 bits per heavy atom. The van der Waals surface area contributed by atoms with Crippen molar-refractivity contribution in [2.45, 2.75) is 24.7 Å². The summed E-state index contributed by atoms with van der Waals surface area (Å²) in [7, 11) is 1.57. The lowest BCUT2D eigenvalue weighted by Gasteiger charge is -2.07. The first-order valence-corrected chi connectivity index (χ1v) is 4.89. The Morgan fingerprint density at radius 1 is 1.38 bits per heavy atom. The second-order valence-electron chi connectivity index (χ2n) is 3.09. The molecule has 0 radical (unpaired) electrons. The summed E-state index contributed by atoms with van der Waals surface area (Å²) in [6, 6.07) is 5.18. The van der Waals surface area contributed by atoms with Gasteiger partial charge in [-0.05, 0) is 23.6 Å². The van der Waals surface area contributed by atoms with Crippen LogP contribution in [0.15, 0.2) is 23.1 Å². The highest BCUT2D eigenvalue weighted by molar-refractivity contribution is 7.94. The van der Waals surface area contributed by atoms with Crippen molar-refractivity contribution in [1.82, 2.24) is 0 Å². The Kier molecular flexibility index (Phi) is 3.75. The number of hydrogen-bond donors (Lipinski definition) is 0. The molecule has 0 aliphatic carbocycles. The molecule has 0 aliphatic rings. The number of halogens is 1. The molecule has 0 aliphatic heterocycles. The van der Waals surface area contributed by atoms with Gasteiger partial charge >= 0.3 is 0 Å². The minimum atomic E-state index is -0.156. The zero-order valence-electron chi connectivity index (χ0n) is 8.00. The molecule has 0 amide bonds. The van der Waals surface area contributed by atoms with Gasteiger partial charge in [0.2, 0.25) is 0 Å². The van der Waals surface area contributed by atoms with Crippen LogP contribution < -0.4 is 0 Å². The molecule has 3 heteroatoms. The molecule has 1 rings (SSSR count). The van der Waals surface area contributed by atoms with Gasteiger partial charge in [-0.3, -0.25) is 0 Å². The van der Waals surface area contributed by atoms with Crippen LogP contribution in [0.25, 0.3) is 0 Å². The molecule has 1 aromatic rings. The second-order valence-corrected chi connectivity index (χ2v) is 4.06. The van der Waals surface area contributed by atoms with Crippen LogP contribution in [0, 0.1) is 5.82 Å². The SMILES string of the molecule is COSc1ccc(C(C)C)c(F)c1. The number of rotatable bonds is 3. The Labute approximate surface area is 82.5 Å². The molecule has 0 spiro atoms. The van der Waals surface area contributed by atoms with Crippen LogP contribution in [0.4, 0.5) is 4.39 Å². The summed E-state index contributed by atoms with van der Waals surface area (Å²) in [5.41, 5.74) is 0.750. The maximum atomic E-state index is 13.4. The maximum absolute atomic E-state index is 13.4. The van der Waals surface area contributed by atoms with Crippen LogP contribution in [-0.2, 0) is 4.18 Å². The Bertz CT molecular complexity index is 286. The van der Waals surface area contributed by atoms with Crippen molar-refractivity contribution >= 4 is 12.0 Å². The van der Waals surface area contributed by atoms with Crippen molar-refractivity contribution in [3.8, 4) is 0 Å². The van der Waals surface area contributed by atoms with Gasteiger partial charge in [0.15, 0.2) is 0 Å². The van der Waals surface area contributed by atoms with Gasteiger partial charge in [0.05, 0.1) is 7.11 Å². The maximum Gasteiger partial charge on any atom is 0.127 e. The topological polar surface area (TPSA) is 9.23 Å². The minimum absolute atomic E-state index is 0.156. The average molecular weight is 200 g/mol. The van der Waals surface area contributed by atoms with Gasteiger partial charge in [-0.25, -0.2) is 4.39 Å². The van der Waals surface area contributed by atoms with Crippen molar-refractivity contribution < 1.29 is 8.57 Å². The van der Waals surface area contributed by atoms with Crippen molar-refractivity contribution in [3.63, 3.8) is 0 Å². The predicted octanol–water partition coefficient (Wildman–Crippen LogP) is 3.60. The number of benzene rings is 1. The highest BCUT2D eigenvalue weighted by Crippen LogP contribution is 2.24. The van der Waals surface area contributed by atoms with E-state index in [1.165, 1.54) is 18.1 Å². The third-order valence-corrected chi connectivity index (χ3v) is 2.39. The largest absolute Gasteiger partial charge is 0.314 e. The molecule has 0 saturated heterocycles. The summed E-state index contributed by atoms with van der Waals surface area (Å²) in [6.07, 6.45) is 0. The Balaban J connectivity index is 2.92. The first-order chi connectivity index (χ1) is 6.15. The van der Waals surface area contributed by atoms with E-state index in [0.29, 0.717) is 0 Å². The molecule has 0 aromatic heterocycles. The monoisotopic (exact) mass is 200 g/mol. The highest BCUT2D eigenvalue weighted by Gasteiger charge is 2.07. The van der Waals surface area contributed by atoms with E-state index in [9.17, 15) is 4.39 Å². The van der Waals surface area contributed by atoms with E-state index in [2.05, 4.69) is 0 Å². The fourth-order valence-corrected chi connectivity index (χ4v) is 1.59. The van der Waals surface area contributed by atoms with E-state index >= 15 is 0 Å². The van der Waals surface area contributed by atoms with Crippen LogP contribution in [0.5, 0.6) is 0 Å². The van der Waals surface area contributed by atoms with Gasteiger partial charge in [-0.1, -0.05) is 19.9 Å². The van der Waals surface area contributed by atoms with Gasteiger partial charge in [0.25, 0.3) is 0 Å². The van der Waals surface area contributed by atoms with Crippen LogP contribution in [-0.4, -0.2) is 7.11 Å². The fourth-order valence-electron chi connectivity index (χ4n) is 1.12. The van der Waals surface area contributed by atoms with Crippen molar-refractivity contribution in [3.05, 3.63) is 29.6 Å². The molecule has 1 nitrogen and oxygen atoms in total. The molecule has 0 atom stereocenters. The smallest absolute Gasteiger partial charge is 0.127 e. The van der Waals surface area contributed by atoms with Crippen molar-refractivity contribution in [2.75, 3.05) is 7.11 Å². The fraction of sp³-hybridized carbons (Fsp3) is 0.400. The first kappa shape index (κ1) is 10.5.